The zero-order valence-electron chi connectivity index (χ0n) is 13.6. The molecule has 1 amide bonds. The van der Waals surface area contributed by atoms with Crippen molar-refractivity contribution >= 4 is 51.0 Å². The van der Waals surface area contributed by atoms with Gasteiger partial charge >= 0.3 is 0 Å². The molecule has 0 atom stereocenters. The standard InChI is InChI=1S/C18H14N4OS2/c1-12-10-24-17(20-12)14(9-19)8-15-11-25-18(21-15)22(13(2)23)16-6-4-3-5-7-16/h3-8,10-11H,1-2H3/b14-8+. The molecule has 0 radical (unpaired) electrons. The van der Waals surface area contributed by atoms with E-state index >= 15 is 0 Å². The van der Waals surface area contributed by atoms with Crippen LogP contribution < -0.4 is 4.90 Å². The van der Waals surface area contributed by atoms with Crippen molar-refractivity contribution in [1.82, 2.24) is 9.97 Å². The van der Waals surface area contributed by atoms with Gasteiger partial charge < -0.3 is 0 Å². The average Bonchev–Trinajstić information content (AvgIpc) is 3.23. The predicted octanol–water partition coefficient (Wildman–Crippen LogP) is 4.66. The number of thiazole rings is 2. The monoisotopic (exact) mass is 366 g/mol. The highest BCUT2D eigenvalue weighted by atomic mass is 32.1. The molecular formula is C18H14N4OS2. The van der Waals surface area contributed by atoms with Gasteiger partial charge in [-0.25, -0.2) is 9.97 Å². The molecule has 5 nitrogen and oxygen atoms in total. The van der Waals surface area contributed by atoms with E-state index < -0.39 is 0 Å². The van der Waals surface area contributed by atoms with Gasteiger partial charge in [0, 0.05) is 23.4 Å². The smallest absolute Gasteiger partial charge is 0.230 e. The molecule has 0 aliphatic heterocycles. The van der Waals surface area contributed by atoms with E-state index in [1.807, 2.05) is 48.0 Å². The maximum absolute atomic E-state index is 12.1. The van der Waals surface area contributed by atoms with Crippen molar-refractivity contribution in [1.29, 1.82) is 5.26 Å². The molecule has 0 N–H and O–H groups in total. The summed E-state index contributed by atoms with van der Waals surface area (Å²) in [5.41, 5.74) is 2.73. The van der Waals surface area contributed by atoms with Gasteiger partial charge in [-0.15, -0.1) is 22.7 Å². The molecule has 25 heavy (non-hydrogen) atoms. The van der Waals surface area contributed by atoms with Crippen LogP contribution in [0.2, 0.25) is 0 Å². The SMILES string of the molecule is CC(=O)N(c1ccccc1)c1nc(/C=C(\C#N)c2nc(C)cs2)cs1. The van der Waals surface area contributed by atoms with Crippen LogP contribution in [0.4, 0.5) is 10.8 Å². The van der Waals surface area contributed by atoms with Gasteiger partial charge in [0.1, 0.15) is 11.1 Å². The Hall–Kier alpha value is -2.82. The number of benzene rings is 1. The van der Waals surface area contributed by atoms with E-state index in [9.17, 15) is 10.1 Å². The number of rotatable bonds is 4. The Bertz CT molecular complexity index is 966. The second kappa shape index (κ2) is 7.38. The van der Waals surface area contributed by atoms with Gasteiger partial charge in [-0.1, -0.05) is 18.2 Å². The summed E-state index contributed by atoms with van der Waals surface area (Å²) >= 11 is 2.78. The first-order valence-corrected chi connectivity index (χ1v) is 9.20. The van der Waals surface area contributed by atoms with Crippen molar-refractivity contribution < 1.29 is 4.79 Å². The van der Waals surface area contributed by atoms with Crippen LogP contribution in [0, 0.1) is 18.3 Å². The Labute approximate surface area is 153 Å². The van der Waals surface area contributed by atoms with E-state index in [1.54, 1.807) is 11.0 Å². The Morgan fingerprint density at radius 2 is 1.96 bits per heavy atom. The number of nitrogens with zero attached hydrogens (tertiary/aromatic N) is 4. The molecule has 0 saturated carbocycles. The van der Waals surface area contributed by atoms with Gasteiger partial charge in [-0.3, -0.25) is 9.69 Å². The zero-order valence-corrected chi connectivity index (χ0v) is 15.3. The quantitative estimate of drug-likeness (QED) is 0.630. The Kier molecular flexibility index (Phi) is 5.03. The van der Waals surface area contributed by atoms with Crippen LogP contribution in [-0.2, 0) is 4.79 Å². The fourth-order valence-corrected chi connectivity index (χ4v) is 3.82. The third-order valence-electron chi connectivity index (χ3n) is 3.29. The van der Waals surface area contributed by atoms with Crippen molar-refractivity contribution in [2.45, 2.75) is 13.8 Å². The van der Waals surface area contributed by atoms with E-state index in [4.69, 9.17) is 0 Å². The number of allylic oxidation sites excluding steroid dienone is 1. The third kappa shape index (κ3) is 3.82. The largest absolute Gasteiger partial charge is 0.274 e. The number of carbonyl (C=O) groups excluding carboxylic acids is 1. The van der Waals surface area contributed by atoms with E-state index in [-0.39, 0.29) is 5.91 Å². The van der Waals surface area contributed by atoms with Crippen LogP contribution in [0.3, 0.4) is 0 Å². The summed E-state index contributed by atoms with van der Waals surface area (Å²) in [4.78, 5) is 22.5. The second-order valence-electron chi connectivity index (χ2n) is 5.21. The number of hydrogen-bond donors (Lipinski definition) is 0. The zero-order chi connectivity index (χ0) is 17.8. The summed E-state index contributed by atoms with van der Waals surface area (Å²) in [6.45, 7) is 3.39. The molecule has 0 unspecified atom stereocenters. The lowest BCUT2D eigenvalue weighted by atomic mass is 10.2. The molecule has 2 heterocycles. The molecule has 3 rings (SSSR count). The fraction of sp³-hybridized carbons (Fsp3) is 0.111. The van der Waals surface area contributed by atoms with E-state index in [0.717, 1.165) is 11.4 Å². The minimum atomic E-state index is -0.118. The second-order valence-corrected chi connectivity index (χ2v) is 6.90. The minimum absolute atomic E-state index is 0.118. The summed E-state index contributed by atoms with van der Waals surface area (Å²) in [5.74, 6) is -0.118. The summed E-state index contributed by atoms with van der Waals surface area (Å²) in [5, 5.41) is 14.4. The first kappa shape index (κ1) is 17.0. The molecule has 0 bridgehead atoms. The van der Waals surface area contributed by atoms with Crippen molar-refractivity contribution in [2.75, 3.05) is 4.90 Å². The number of aromatic nitrogens is 2. The lowest BCUT2D eigenvalue weighted by Crippen LogP contribution is -2.22. The highest BCUT2D eigenvalue weighted by molar-refractivity contribution is 7.14. The van der Waals surface area contributed by atoms with Gasteiger partial charge in [-0.05, 0) is 25.1 Å². The molecule has 2 aromatic heterocycles. The molecule has 0 spiro atoms. The Morgan fingerprint density at radius 3 is 2.56 bits per heavy atom. The molecule has 0 fully saturated rings. The van der Waals surface area contributed by atoms with Gasteiger partial charge in [0.25, 0.3) is 0 Å². The highest BCUT2D eigenvalue weighted by Gasteiger charge is 2.17. The summed E-state index contributed by atoms with van der Waals surface area (Å²) < 4.78 is 0. The van der Waals surface area contributed by atoms with Gasteiger partial charge in [-0.2, -0.15) is 5.26 Å². The molecule has 0 saturated heterocycles. The topological polar surface area (TPSA) is 69.9 Å². The molecule has 3 aromatic rings. The van der Waals surface area contributed by atoms with E-state index in [2.05, 4.69) is 16.0 Å². The van der Waals surface area contributed by atoms with Crippen LogP contribution in [0.5, 0.6) is 0 Å². The van der Waals surface area contributed by atoms with E-state index in [1.165, 1.54) is 29.6 Å². The van der Waals surface area contributed by atoms with Gasteiger partial charge in [0.2, 0.25) is 5.91 Å². The first-order valence-electron chi connectivity index (χ1n) is 7.44. The van der Waals surface area contributed by atoms with Crippen molar-refractivity contribution in [3.8, 4) is 6.07 Å². The van der Waals surface area contributed by atoms with Crippen LogP contribution in [-0.4, -0.2) is 15.9 Å². The Balaban J connectivity index is 1.95. The number of para-hydroxylation sites is 1. The average molecular weight is 366 g/mol. The van der Waals surface area contributed by atoms with Crippen molar-refractivity contribution in [2.24, 2.45) is 0 Å². The number of nitriles is 1. The van der Waals surface area contributed by atoms with Crippen LogP contribution in [0.25, 0.3) is 11.6 Å². The van der Waals surface area contributed by atoms with E-state index in [0.29, 0.717) is 21.4 Å². The molecular weight excluding hydrogens is 352 g/mol. The molecule has 124 valence electrons. The number of anilines is 2. The van der Waals surface area contributed by atoms with Crippen LogP contribution in [0.15, 0.2) is 41.1 Å². The molecule has 0 aliphatic carbocycles. The number of aryl methyl sites for hydroxylation is 1. The van der Waals surface area contributed by atoms with Crippen molar-refractivity contribution in [3.63, 3.8) is 0 Å². The lowest BCUT2D eigenvalue weighted by molar-refractivity contribution is -0.115. The number of amides is 1. The summed E-state index contributed by atoms with van der Waals surface area (Å²) in [6, 6.07) is 11.5. The van der Waals surface area contributed by atoms with Gasteiger partial charge in [0.15, 0.2) is 5.13 Å². The highest BCUT2D eigenvalue weighted by Crippen LogP contribution is 2.30. The predicted molar refractivity (Wildman–Crippen MR) is 102 cm³/mol. The Morgan fingerprint density at radius 1 is 1.20 bits per heavy atom. The third-order valence-corrected chi connectivity index (χ3v) is 5.13. The van der Waals surface area contributed by atoms with Crippen molar-refractivity contribution in [3.05, 3.63) is 57.5 Å². The van der Waals surface area contributed by atoms with Gasteiger partial charge in [0.05, 0.1) is 17.0 Å². The maximum atomic E-state index is 12.1. The number of carbonyl (C=O) groups is 1. The maximum Gasteiger partial charge on any atom is 0.230 e. The van der Waals surface area contributed by atoms with Crippen LogP contribution >= 0.6 is 22.7 Å². The lowest BCUT2D eigenvalue weighted by Gasteiger charge is -2.17. The summed E-state index contributed by atoms with van der Waals surface area (Å²) in [6.07, 6.45) is 1.70. The van der Waals surface area contributed by atoms with Crippen LogP contribution in [0.1, 0.15) is 23.3 Å². The minimum Gasteiger partial charge on any atom is -0.274 e. The normalized spacial score (nSPS) is 11.2. The number of hydrogen-bond acceptors (Lipinski definition) is 6. The fourth-order valence-electron chi connectivity index (χ4n) is 2.22. The molecule has 1 aromatic carbocycles. The molecule has 7 heteroatoms. The molecule has 0 aliphatic rings. The summed E-state index contributed by atoms with van der Waals surface area (Å²) in [7, 11) is 0. The first-order chi connectivity index (χ1) is 12.1.